The quantitative estimate of drug-likeness (QED) is 0.0415. The van der Waals surface area contributed by atoms with Gasteiger partial charge in [0.1, 0.15) is 37.7 Å². The summed E-state index contributed by atoms with van der Waals surface area (Å²) >= 11 is 0. The van der Waals surface area contributed by atoms with E-state index >= 15 is 0 Å². The molecule has 1 saturated carbocycles. The third kappa shape index (κ3) is 58.0. The minimum Gasteiger partial charge on any atom is -0.481 e. The molecule has 1 heterocycles. The normalized spacial score (nSPS) is 14.2. The van der Waals surface area contributed by atoms with Crippen LogP contribution in [0.3, 0.4) is 0 Å². The number of nitrogens with two attached hydrogens (primary N) is 1. The van der Waals surface area contributed by atoms with Crippen LogP contribution < -0.4 is 43.0 Å². The number of unbranched alkanes of at least 4 members (excludes halogenated alkanes) is 14. The second-order valence-corrected chi connectivity index (χ2v) is 33.4. The van der Waals surface area contributed by atoms with Crippen LogP contribution in [-0.2, 0) is 126 Å². The molecule has 0 aromatic carbocycles. The number of H-pyrrole nitrogens is 1. The van der Waals surface area contributed by atoms with Crippen LogP contribution in [0.5, 0.6) is 0 Å². The van der Waals surface area contributed by atoms with Crippen molar-refractivity contribution in [1.29, 1.82) is 0 Å². The molecule has 0 saturated heterocycles. The zero-order valence-electron chi connectivity index (χ0n) is 76.1. The van der Waals surface area contributed by atoms with Crippen LogP contribution in [-0.4, -0.2) is 300 Å². The molecule has 1 aromatic rings. The number of ketones is 7. The van der Waals surface area contributed by atoms with Gasteiger partial charge in [-0.15, -0.1) is 0 Å². The molecule has 0 bridgehead atoms. The molecule has 1 fully saturated rings. The molecule has 0 radical (unpaired) electrons. The van der Waals surface area contributed by atoms with Gasteiger partial charge in [0.15, 0.2) is 34.7 Å². The molecule has 1 aliphatic carbocycles. The standard InChI is InChI=1S/C89H144N10O32/c1-60(100)82(61(2)101)99-83(115)72(96-55-75(107)89(33-19-34-89)53-74(106)71(90)52-66-54-91-59-97-66)21-17-18-35-92-76(108)28-23-63(85(118)119)49-68(103)56-129-45-42-126-39-36-93-77(109)29-24-64(86(120)121)50-69(104)57-130-46-43-127-40-37-94-78(110)30-25-65(87(122)123)51-70(105)58-131-47-44-128-41-38-95-79(111)32-27-73(88(124)125)98-80(112)31-26-62(84(116)117)48-67(102)20-15-13-11-9-7-5-3-4-6-8-10-12-14-16-22-81(113)114/h54,59-60,62-65,71-73,82,96,100H,3-53,55-58,90H2,1-2H3,(H,91,97)(H,92,108)(H,93,109)(H,94,110)(H,95,111)(H,98,112)(H,99,115)(H,113,114)(H,116,117)(H,118,119)(H,120,121)(H,122,123)(H,124,125)/t60-,62-,63-,64-,65-,71+,72+,73+,82+/m1/s1. The fourth-order valence-corrected chi connectivity index (χ4v) is 14.3. The third-order valence-electron chi connectivity index (χ3n) is 22.3. The topological polar surface area (TPSA) is 660 Å². The van der Waals surface area contributed by atoms with Gasteiger partial charge in [-0.05, 0) is 90.9 Å². The first-order chi connectivity index (χ1) is 62.5. The second kappa shape index (κ2) is 70.9. The number of aliphatic carboxylic acids is 6. The number of aromatic amines is 1. The van der Waals surface area contributed by atoms with E-state index in [4.69, 9.17) is 39.3 Å². The van der Waals surface area contributed by atoms with Gasteiger partial charge < -0.3 is 107 Å². The van der Waals surface area contributed by atoms with Gasteiger partial charge in [0, 0.05) is 127 Å². The maximum atomic E-state index is 13.7. The van der Waals surface area contributed by atoms with E-state index in [-0.39, 0.29) is 212 Å². The number of ether oxygens (including phenoxy) is 6. The third-order valence-corrected chi connectivity index (χ3v) is 22.3. The van der Waals surface area contributed by atoms with Crippen molar-refractivity contribution in [2.45, 2.75) is 288 Å². The molecule has 0 aliphatic heterocycles. The Morgan fingerprint density at radius 3 is 1.18 bits per heavy atom. The van der Waals surface area contributed by atoms with Gasteiger partial charge in [0.05, 0.1) is 114 Å². The van der Waals surface area contributed by atoms with Gasteiger partial charge in [-0.2, -0.15) is 0 Å². The number of carbonyl (C=O) groups excluding carboxylic acids is 13. The van der Waals surface area contributed by atoms with Crippen LogP contribution in [0.4, 0.5) is 0 Å². The van der Waals surface area contributed by atoms with Crippen molar-refractivity contribution in [1.82, 2.24) is 47.2 Å². The summed E-state index contributed by atoms with van der Waals surface area (Å²) in [5, 5.41) is 85.7. The van der Waals surface area contributed by atoms with Crippen LogP contribution in [0, 0.1) is 29.1 Å². The maximum Gasteiger partial charge on any atom is 0.326 e. The number of carboxylic acids is 6. The second-order valence-electron chi connectivity index (χ2n) is 33.4. The van der Waals surface area contributed by atoms with Gasteiger partial charge in [0.2, 0.25) is 35.4 Å². The van der Waals surface area contributed by atoms with Crippen molar-refractivity contribution in [3.63, 3.8) is 0 Å². The summed E-state index contributed by atoms with van der Waals surface area (Å²) in [5.41, 5.74) is 5.90. The van der Waals surface area contributed by atoms with Gasteiger partial charge in [-0.1, -0.05) is 83.5 Å². The number of nitrogens with zero attached hydrogens (tertiary/aromatic N) is 1. The Bertz CT molecular complexity index is 3670. The van der Waals surface area contributed by atoms with E-state index < -0.39 is 193 Å². The summed E-state index contributed by atoms with van der Waals surface area (Å²) in [7, 11) is 0. The molecule has 42 heteroatoms. The molecule has 2 rings (SSSR count). The van der Waals surface area contributed by atoms with Crippen LogP contribution >= 0.6 is 0 Å². The van der Waals surface area contributed by atoms with Gasteiger partial charge in [-0.25, -0.2) is 9.78 Å². The van der Waals surface area contributed by atoms with Gasteiger partial charge in [-0.3, -0.25) is 91.6 Å². The summed E-state index contributed by atoms with van der Waals surface area (Å²) in [6, 6.07) is -4.53. The van der Waals surface area contributed by atoms with Crippen LogP contribution in [0.25, 0.3) is 0 Å². The largest absolute Gasteiger partial charge is 0.481 e. The number of nitrogens with one attached hydrogen (secondary N) is 8. The molecule has 131 heavy (non-hydrogen) atoms. The number of rotatable bonds is 88. The lowest BCUT2D eigenvalue weighted by Crippen LogP contribution is -2.55. The maximum absolute atomic E-state index is 13.7. The Labute approximate surface area is 764 Å². The highest BCUT2D eigenvalue weighted by atomic mass is 16.5. The highest BCUT2D eigenvalue weighted by molar-refractivity contribution is 5.96. The van der Waals surface area contributed by atoms with E-state index in [0.717, 1.165) is 70.6 Å². The van der Waals surface area contributed by atoms with Gasteiger partial charge >= 0.3 is 35.8 Å². The van der Waals surface area contributed by atoms with Crippen molar-refractivity contribution in [2.75, 3.05) is 112 Å². The van der Waals surface area contributed by atoms with E-state index in [1.165, 1.54) is 39.4 Å². The number of hydrogen-bond donors (Lipinski definition) is 16. The van der Waals surface area contributed by atoms with Gasteiger partial charge in [0.25, 0.3) is 0 Å². The molecule has 742 valence electrons. The Morgan fingerprint density at radius 2 is 0.809 bits per heavy atom. The Hall–Kier alpha value is -9.82. The molecule has 9 atom stereocenters. The fourth-order valence-electron chi connectivity index (χ4n) is 14.3. The monoisotopic (exact) mass is 1860 g/mol. The lowest BCUT2D eigenvalue weighted by molar-refractivity contribution is -0.145. The van der Waals surface area contributed by atoms with Crippen LogP contribution in [0.2, 0.25) is 0 Å². The first-order valence-electron chi connectivity index (χ1n) is 45.8. The molecule has 17 N–H and O–H groups in total. The number of carbonyl (C=O) groups is 19. The molecule has 1 aromatic heterocycles. The highest BCUT2D eigenvalue weighted by Crippen LogP contribution is 2.45. The predicted molar refractivity (Wildman–Crippen MR) is 468 cm³/mol. The molecule has 1 aliphatic rings. The lowest BCUT2D eigenvalue weighted by Gasteiger charge is -2.40. The Kier molecular flexibility index (Phi) is 63.4. The fraction of sp³-hybridized carbons (Fsp3) is 0.753. The van der Waals surface area contributed by atoms with Crippen molar-refractivity contribution in [3.05, 3.63) is 18.2 Å². The summed E-state index contributed by atoms with van der Waals surface area (Å²) in [4.78, 5) is 243. The van der Waals surface area contributed by atoms with Crippen molar-refractivity contribution >= 4 is 112 Å². The van der Waals surface area contributed by atoms with Crippen LogP contribution in [0.15, 0.2) is 12.5 Å². The smallest absolute Gasteiger partial charge is 0.326 e. The average molecular weight is 1870 g/mol. The SMILES string of the molecule is CC(=O)[C@@H](NC(=O)[C@H](CCCCNC(=O)CC[C@H](CC(=O)COCCOCCNC(=O)CC[C@H](CC(=O)COCCOCCNC(=O)CC[C@H](CC(=O)COCCOCCNC(=O)CC[C@H](NC(=O)CC[C@H](CC(=O)CCCCCCCCCCCCCCCCC(=O)O)C(=O)O)C(=O)O)C(=O)O)C(=O)O)C(=O)O)NCC(=O)C1(CC(=O)[C@@H](N)Cc2cnc[nH]2)CCC1)[C@@H](C)O. The zero-order chi connectivity index (χ0) is 97.2. The molecular formula is C89H144N10O32. The molecule has 0 spiro atoms. The lowest BCUT2D eigenvalue weighted by atomic mass is 9.62. The number of aliphatic hydroxyl groups excluding tert-OH is 1. The molecule has 42 nitrogen and oxygen atoms in total. The van der Waals surface area contributed by atoms with Crippen LogP contribution in [0.1, 0.15) is 257 Å². The van der Waals surface area contributed by atoms with E-state index in [9.17, 15) is 122 Å². The molecule has 0 unspecified atom stereocenters. The average Bonchev–Trinajstić information content (AvgIpc) is 1.63. The number of carboxylic acid groups (broad SMARTS) is 6. The minimum atomic E-state index is -1.45. The number of aromatic nitrogens is 2. The number of aliphatic hydroxyl groups is 1. The summed E-state index contributed by atoms with van der Waals surface area (Å²) < 4.78 is 32.1. The Morgan fingerprint density at radius 1 is 0.427 bits per heavy atom. The zero-order valence-corrected chi connectivity index (χ0v) is 76.1. The number of hydrogen-bond acceptors (Lipinski definition) is 29. The number of imidazole rings is 1. The van der Waals surface area contributed by atoms with E-state index in [1.807, 2.05) is 0 Å². The number of Topliss-reactive ketones (excluding diaryl/α,β-unsaturated/α-hetero) is 7. The molecule has 6 amide bonds. The highest BCUT2D eigenvalue weighted by Gasteiger charge is 2.46. The summed E-state index contributed by atoms with van der Waals surface area (Å²) in [6.07, 6.45) is 15.4. The molecular weight excluding hydrogens is 1720 g/mol. The first-order valence-corrected chi connectivity index (χ1v) is 45.8. The van der Waals surface area contributed by atoms with Crippen molar-refractivity contribution < 1.29 is 155 Å². The van der Waals surface area contributed by atoms with E-state index in [0.29, 0.717) is 37.8 Å². The summed E-state index contributed by atoms with van der Waals surface area (Å²) in [6.45, 7) is 0.941. The number of amides is 6. The van der Waals surface area contributed by atoms with Crippen molar-refractivity contribution in [2.24, 2.45) is 34.8 Å². The van der Waals surface area contributed by atoms with Crippen molar-refractivity contribution in [3.8, 4) is 0 Å². The van der Waals surface area contributed by atoms with E-state index in [1.54, 1.807) is 6.20 Å². The van der Waals surface area contributed by atoms with E-state index in [2.05, 4.69) is 47.2 Å². The Balaban J connectivity index is 1.52. The summed E-state index contributed by atoms with van der Waals surface area (Å²) in [5.74, 6) is -18.3. The first kappa shape index (κ1) is 117. The predicted octanol–water partition coefficient (Wildman–Crippen LogP) is 3.56. The minimum absolute atomic E-state index is 0.00306.